The van der Waals surface area contributed by atoms with E-state index in [2.05, 4.69) is 37.2 Å². The number of rotatable bonds is 7. The van der Waals surface area contributed by atoms with Crippen molar-refractivity contribution < 1.29 is 9.53 Å². The van der Waals surface area contributed by atoms with Gasteiger partial charge in [-0.2, -0.15) is 0 Å². The van der Waals surface area contributed by atoms with E-state index < -0.39 is 0 Å². The van der Waals surface area contributed by atoms with Crippen molar-refractivity contribution in [3.05, 3.63) is 48.0 Å². The molecule has 0 radical (unpaired) electrons. The average Bonchev–Trinajstić information content (AvgIpc) is 2.72. The van der Waals surface area contributed by atoms with Gasteiger partial charge in [-0.05, 0) is 44.2 Å². The zero-order valence-electron chi connectivity index (χ0n) is 16.0. The Hall–Kier alpha value is -2.67. The molecular weight excluding hydrogens is 342 g/mol. The summed E-state index contributed by atoms with van der Waals surface area (Å²) in [6.45, 7) is 7.56. The third-order valence-electron chi connectivity index (χ3n) is 4.76. The highest BCUT2D eigenvalue weighted by Crippen LogP contribution is 2.20. The number of aromatic nitrogens is 2. The van der Waals surface area contributed by atoms with E-state index >= 15 is 0 Å². The summed E-state index contributed by atoms with van der Waals surface area (Å²) in [5.41, 5.74) is 2.41. The fraction of sp³-hybridized carbons (Fsp3) is 0.450. The van der Waals surface area contributed by atoms with Crippen LogP contribution in [0.5, 0.6) is 5.75 Å². The number of hydrogen-bond acceptors (Lipinski definition) is 6. The lowest BCUT2D eigenvalue weighted by Gasteiger charge is -2.36. The Morgan fingerprint density at radius 1 is 1.11 bits per heavy atom. The molecule has 1 saturated heterocycles. The van der Waals surface area contributed by atoms with Crippen LogP contribution < -0.4 is 15.0 Å². The molecule has 3 rings (SSSR count). The fourth-order valence-corrected chi connectivity index (χ4v) is 3.13. The molecule has 0 aliphatic carbocycles. The third-order valence-corrected chi connectivity index (χ3v) is 4.76. The second-order valence-electron chi connectivity index (χ2n) is 6.68. The van der Waals surface area contributed by atoms with Crippen LogP contribution in [-0.2, 0) is 0 Å². The van der Waals surface area contributed by atoms with Gasteiger partial charge in [0.2, 0.25) is 0 Å². The highest BCUT2D eigenvalue weighted by atomic mass is 16.5. The maximum absolute atomic E-state index is 12.0. The van der Waals surface area contributed by atoms with E-state index in [0.29, 0.717) is 12.2 Å². The molecule has 0 atom stereocenters. The summed E-state index contributed by atoms with van der Waals surface area (Å²) in [6, 6.07) is 8.22. The van der Waals surface area contributed by atoms with Crippen LogP contribution in [0.2, 0.25) is 0 Å². The van der Waals surface area contributed by atoms with Crippen molar-refractivity contribution in [1.29, 1.82) is 0 Å². The lowest BCUT2D eigenvalue weighted by molar-refractivity contribution is 0.0946. The number of carbonyl (C=O) groups excluding carboxylic acids is 1. The van der Waals surface area contributed by atoms with E-state index in [1.165, 1.54) is 11.9 Å². The van der Waals surface area contributed by atoms with Crippen molar-refractivity contribution in [2.24, 2.45) is 0 Å². The Morgan fingerprint density at radius 2 is 1.85 bits per heavy atom. The molecule has 2 aromatic rings. The predicted octanol–water partition coefficient (Wildman–Crippen LogP) is 1.74. The maximum atomic E-state index is 12.0. The Bertz CT molecular complexity index is 725. The molecule has 0 bridgehead atoms. The molecule has 1 N–H and O–H groups in total. The third kappa shape index (κ3) is 5.40. The van der Waals surface area contributed by atoms with Crippen molar-refractivity contribution in [2.75, 3.05) is 51.3 Å². The van der Waals surface area contributed by atoms with E-state index in [9.17, 15) is 4.79 Å². The van der Waals surface area contributed by atoms with Gasteiger partial charge in [-0.1, -0.05) is 0 Å². The van der Waals surface area contributed by atoms with Gasteiger partial charge in [-0.25, -0.2) is 4.98 Å². The lowest BCUT2D eigenvalue weighted by Crippen LogP contribution is -2.47. The van der Waals surface area contributed by atoms with E-state index in [-0.39, 0.29) is 5.91 Å². The van der Waals surface area contributed by atoms with Crippen molar-refractivity contribution in [2.45, 2.75) is 13.3 Å². The first-order valence-electron chi connectivity index (χ1n) is 9.34. The van der Waals surface area contributed by atoms with E-state index in [4.69, 9.17) is 4.74 Å². The molecule has 1 aromatic heterocycles. The molecule has 27 heavy (non-hydrogen) atoms. The molecule has 1 aliphatic heterocycles. The van der Waals surface area contributed by atoms with Crippen LogP contribution in [0.4, 0.5) is 5.69 Å². The molecule has 0 saturated carbocycles. The number of amides is 1. The highest BCUT2D eigenvalue weighted by Gasteiger charge is 2.17. The normalized spacial score (nSPS) is 14.8. The van der Waals surface area contributed by atoms with Gasteiger partial charge < -0.3 is 15.0 Å². The Labute approximate surface area is 160 Å². The summed E-state index contributed by atoms with van der Waals surface area (Å²) in [7, 11) is 1.68. The minimum atomic E-state index is -0.160. The summed E-state index contributed by atoms with van der Waals surface area (Å²) >= 11 is 0. The smallest absolute Gasteiger partial charge is 0.271 e. The number of hydrogen-bond donors (Lipinski definition) is 1. The van der Waals surface area contributed by atoms with Crippen molar-refractivity contribution >= 4 is 11.6 Å². The van der Waals surface area contributed by atoms with Gasteiger partial charge in [0.05, 0.1) is 19.0 Å². The van der Waals surface area contributed by atoms with E-state index in [0.717, 1.165) is 50.6 Å². The molecule has 2 heterocycles. The van der Waals surface area contributed by atoms with Crippen LogP contribution in [0.3, 0.4) is 0 Å². The fourth-order valence-electron chi connectivity index (χ4n) is 3.13. The number of anilines is 1. The van der Waals surface area contributed by atoms with Crippen LogP contribution >= 0.6 is 0 Å². The van der Waals surface area contributed by atoms with Crippen molar-refractivity contribution in [3.8, 4) is 5.75 Å². The Balaban J connectivity index is 1.34. The second kappa shape index (κ2) is 9.32. The second-order valence-corrected chi connectivity index (χ2v) is 6.68. The van der Waals surface area contributed by atoms with Gasteiger partial charge in [-0.3, -0.25) is 14.7 Å². The number of benzene rings is 1. The minimum absolute atomic E-state index is 0.160. The standard InChI is InChI=1S/C20H27N5O2/c1-16-14-23-19(15-22-16)20(26)21-8-3-9-24-10-12-25(13-11-24)17-4-6-18(27-2)7-5-17/h4-7,14-15H,3,8-13H2,1-2H3,(H,21,26). The summed E-state index contributed by atoms with van der Waals surface area (Å²) in [5.74, 6) is 0.725. The number of nitrogens with one attached hydrogen (secondary N) is 1. The first kappa shape index (κ1) is 19.1. The number of aryl methyl sites for hydroxylation is 1. The summed E-state index contributed by atoms with van der Waals surface area (Å²) < 4.78 is 5.21. The van der Waals surface area contributed by atoms with Crippen molar-refractivity contribution in [1.82, 2.24) is 20.2 Å². The number of methoxy groups -OCH3 is 1. The first-order chi connectivity index (χ1) is 13.2. The van der Waals surface area contributed by atoms with Gasteiger partial charge in [0.15, 0.2) is 0 Å². The van der Waals surface area contributed by atoms with Crippen LogP contribution in [-0.4, -0.2) is 67.2 Å². The largest absolute Gasteiger partial charge is 0.497 e. The highest BCUT2D eigenvalue weighted by molar-refractivity contribution is 5.91. The topological polar surface area (TPSA) is 70.6 Å². The minimum Gasteiger partial charge on any atom is -0.497 e. The molecular formula is C20H27N5O2. The molecule has 1 aromatic carbocycles. The zero-order chi connectivity index (χ0) is 19.1. The van der Waals surface area contributed by atoms with Crippen LogP contribution in [0.25, 0.3) is 0 Å². The number of carbonyl (C=O) groups is 1. The molecule has 7 heteroatoms. The molecule has 0 unspecified atom stereocenters. The monoisotopic (exact) mass is 369 g/mol. The van der Waals surface area contributed by atoms with Gasteiger partial charge in [0.1, 0.15) is 11.4 Å². The number of ether oxygens (including phenoxy) is 1. The first-order valence-corrected chi connectivity index (χ1v) is 9.34. The number of piperazine rings is 1. The summed E-state index contributed by atoms with van der Waals surface area (Å²) in [6.07, 6.45) is 4.05. The molecule has 1 aliphatic rings. The zero-order valence-corrected chi connectivity index (χ0v) is 16.0. The molecule has 1 fully saturated rings. The lowest BCUT2D eigenvalue weighted by atomic mass is 10.2. The molecule has 144 valence electrons. The number of nitrogens with zero attached hydrogens (tertiary/aromatic N) is 4. The molecule has 1 amide bonds. The Kier molecular flexibility index (Phi) is 6.59. The predicted molar refractivity (Wildman–Crippen MR) is 105 cm³/mol. The van der Waals surface area contributed by atoms with Gasteiger partial charge >= 0.3 is 0 Å². The van der Waals surface area contributed by atoms with E-state index in [1.807, 2.05) is 19.1 Å². The van der Waals surface area contributed by atoms with Crippen LogP contribution in [0.1, 0.15) is 22.6 Å². The SMILES string of the molecule is COc1ccc(N2CCN(CCCNC(=O)c3cnc(C)cn3)CC2)cc1. The Morgan fingerprint density at radius 3 is 2.48 bits per heavy atom. The van der Waals surface area contributed by atoms with Crippen molar-refractivity contribution in [3.63, 3.8) is 0 Å². The maximum Gasteiger partial charge on any atom is 0.271 e. The summed E-state index contributed by atoms with van der Waals surface area (Å²) in [4.78, 5) is 25.0. The van der Waals surface area contributed by atoms with Crippen LogP contribution in [0, 0.1) is 6.92 Å². The van der Waals surface area contributed by atoms with Gasteiger partial charge in [0, 0.05) is 44.6 Å². The van der Waals surface area contributed by atoms with Gasteiger partial charge in [-0.15, -0.1) is 0 Å². The quantitative estimate of drug-likeness (QED) is 0.750. The van der Waals surface area contributed by atoms with Crippen LogP contribution in [0.15, 0.2) is 36.7 Å². The van der Waals surface area contributed by atoms with Gasteiger partial charge in [0.25, 0.3) is 5.91 Å². The molecule has 7 nitrogen and oxygen atoms in total. The molecule has 0 spiro atoms. The van der Waals surface area contributed by atoms with E-state index in [1.54, 1.807) is 13.3 Å². The summed E-state index contributed by atoms with van der Waals surface area (Å²) in [5, 5.41) is 2.91. The average molecular weight is 369 g/mol.